The van der Waals surface area contributed by atoms with E-state index in [1.807, 2.05) is 24.3 Å². The van der Waals surface area contributed by atoms with E-state index in [0.29, 0.717) is 6.61 Å². The fourth-order valence-corrected chi connectivity index (χ4v) is 1.40. The third-order valence-electron chi connectivity index (χ3n) is 2.32. The quantitative estimate of drug-likeness (QED) is 0.421. The second kappa shape index (κ2) is 8.34. The molecule has 0 aliphatic carbocycles. The van der Waals surface area contributed by atoms with Gasteiger partial charge in [0.05, 0.1) is 13.2 Å². The predicted molar refractivity (Wildman–Crippen MR) is 72.5 cm³/mol. The molecule has 1 rings (SSSR count). The van der Waals surface area contributed by atoms with Crippen LogP contribution in [0.2, 0.25) is 0 Å². The Morgan fingerprint density at radius 1 is 1.33 bits per heavy atom. The molecular formula is C15H20O3. The Kier molecular flexibility index (Phi) is 6.62. The summed E-state index contributed by atoms with van der Waals surface area (Å²) in [5, 5.41) is 0. The van der Waals surface area contributed by atoms with Gasteiger partial charge >= 0.3 is 5.97 Å². The summed E-state index contributed by atoms with van der Waals surface area (Å²) in [5.41, 5.74) is 0.928. The van der Waals surface area contributed by atoms with Gasteiger partial charge in [-0.05, 0) is 37.1 Å². The SMILES string of the molecule is CCCCOc1cccc(C=CC(=O)OCC)c1. The molecule has 0 aromatic heterocycles. The van der Waals surface area contributed by atoms with Gasteiger partial charge in [-0.1, -0.05) is 25.5 Å². The Balaban J connectivity index is 2.56. The highest BCUT2D eigenvalue weighted by Gasteiger charge is 1.96. The molecule has 0 radical (unpaired) electrons. The number of carbonyl (C=O) groups excluding carboxylic acids is 1. The topological polar surface area (TPSA) is 35.5 Å². The van der Waals surface area contributed by atoms with Gasteiger partial charge in [-0.25, -0.2) is 4.79 Å². The van der Waals surface area contributed by atoms with Gasteiger partial charge in [0.25, 0.3) is 0 Å². The first kappa shape index (κ1) is 14.3. The summed E-state index contributed by atoms with van der Waals surface area (Å²) in [7, 11) is 0. The maximum Gasteiger partial charge on any atom is 0.330 e. The van der Waals surface area contributed by atoms with Crippen molar-refractivity contribution >= 4 is 12.0 Å². The summed E-state index contributed by atoms with van der Waals surface area (Å²) in [6.07, 6.45) is 5.31. The molecule has 0 heterocycles. The van der Waals surface area contributed by atoms with E-state index in [-0.39, 0.29) is 5.97 Å². The standard InChI is InChI=1S/C15H20O3/c1-3-5-11-18-14-8-6-7-13(12-14)9-10-15(16)17-4-2/h6-10,12H,3-5,11H2,1-2H3. The van der Waals surface area contributed by atoms with Crippen molar-refractivity contribution in [2.24, 2.45) is 0 Å². The van der Waals surface area contributed by atoms with Crippen LogP contribution in [0.1, 0.15) is 32.3 Å². The van der Waals surface area contributed by atoms with Crippen molar-refractivity contribution < 1.29 is 14.3 Å². The molecule has 0 saturated heterocycles. The minimum Gasteiger partial charge on any atom is -0.494 e. The zero-order chi connectivity index (χ0) is 13.2. The van der Waals surface area contributed by atoms with E-state index < -0.39 is 0 Å². The highest BCUT2D eigenvalue weighted by Crippen LogP contribution is 2.15. The van der Waals surface area contributed by atoms with Crippen molar-refractivity contribution in [2.75, 3.05) is 13.2 Å². The predicted octanol–water partition coefficient (Wildman–Crippen LogP) is 3.44. The summed E-state index contributed by atoms with van der Waals surface area (Å²) >= 11 is 0. The summed E-state index contributed by atoms with van der Waals surface area (Å²) < 4.78 is 10.4. The number of carbonyl (C=O) groups is 1. The highest BCUT2D eigenvalue weighted by molar-refractivity contribution is 5.87. The van der Waals surface area contributed by atoms with E-state index in [1.54, 1.807) is 13.0 Å². The Morgan fingerprint density at radius 3 is 2.89 bits per heavy atom. The van der Waals surface area contributed by atoms with E-state index in [0.717, 1.165) is 30.8 Å². The maximum absolute atomic E-state index is 11.2. The van der Waals surface area contributed by atoms with Crippen LogP contribution in [0.5, 0.6) is 5.75 Å². The molecular weight excluding hydrogens is 228 g/mol. The molecule has 0 atom stereocenters. The van der Waals surface area contributed by atoms with Crippen molar-refractivity contribution in [2.45, 2.75) is 26.7 Å². The van der Waals surface area contributed by atoms with Crippen LogP contribution >= 0.6 is 0 Å². The van der Waals surface area contributed by atoms with Crippen molar-refractivity contribution in [1.82, 2.24) is 0 Å². The lowest BCUT2D eigenvalue weighted by atomic mass is 10.2. The maximum atomic E-state index is 11.2. The summed E-state index contributed by atoms with van der Waals surface area (Å²) in [4.78, 5) is 11.2. The van der Waals surface area contributed by atoms with Gasteiger partial charge in [-0.3, -0.25) is 0 Å². The van der Waals surface area contributed by atoms with Gasteiger partial charge in [-0.2, -0.15) is 0 Å². The molecule has 0 aliphatic heterocycles. The van der Waals surface area contributed by atoms with Crippen LogP contribution in [0.3, 0.4) is 0 Å². The normalized spacial score (nSPS) is 10.6. The molecule has 0 unspecified atom stereocenters. The van der Waals surface area contributed by atoms with E-state index in [1.165, 1.54) is 6.08 Å². The lowest BCUT2D eigenvalue weighted by Gasteiger charge is -2.05. The second-order valence-corrected chi connectivity index (χ2v) is 3.86. The van der Waals surface area contributed by atoms with E-state index in [9.17, 15) is 4.79 Å². The number of unbranched alkanes of at least 4 members (excludes halogenated alkanes) is 1. The first-order valence-corrected chi connectivity index (χ1v) is 6.34. The molecule has 1 aromatic carbocycles. The minimum atomic E-state index is -0.324. The minimum absolute atomic E-state index is 0.324. The van der Waals surface area contributed by atoms with Gasteiger partial charge in [0, 0.05) is 6.08 Å². The van der Waals surface area contributed by atoms with Crippen LogP contribution in [0.25, 0.3) is 6.08 Å². The zero-order valence-corrected chi connectivity index (χ0v) is 11.0. The van der Waals surface area contributed by atoms with Crippen LogP contribution < -0.4 is 4.74 Å². The van der Waals surface area contributed by atoms with Crippen LogP contribution in [0.4, 0.5) is 0 Å². The monoisotopic (exact) mass is 248 g/mol. The van der Waals surface area contributed by atoms with E-state index in [2.05, 4.69) is 6.92 Å². The Morgan fingerprint density at radius 2 is 2.17 bits per heavy atom. The molecule has 0 saturated carbocycles. The molecule has 3 nitrogen and oxygen atoms in total. The molecule has 0 aliphatic rings. The van der Waals surface area contributed by atoms with Crippen LogP contribution in [-0.2, 0) is 9.53 Å². The summed E-state index contributed by atoms with van der Waals surface area (Å²) in [6.45, 7) is 5.03. The fraction of sp³-hybridized carbons (Fsp3) is 0.400. The Labute approximate surface area is 108 Å². The van der Waals surface area contributed by atoms with Gasteiger partial charge < -0.3 is 9.47 Å². The van der Waals surface area contributed by atoms with Gasteiger partial charge in [-0.15, -0.1) is 0 Å². The number of ether oxygens (including phenoxy) is 2. The average Bonchev–Trinajstić information content (AvgIpc) is 2.38. The number of benzene rings is 1. The molecule has 0 fully saturated rings. The van der Waals surface area contributed by atoms with Gasteiger partial charge in [0.2, 0.25) is 0 Å². The molecule has 1 aromatic rings. The van der Waals surface area contributed by atoms with Crippen LogP contribution in [0, 0.1) is 0 Å². The summed E-state index contributed by atoms with van der Waals surface area (Å²) in [5.74, 6) is 0.504. The molecule has 0 N–H and O–H groups in total. The number of esters is 1. The third kappa shape index (κ3) is 5.53. The van der Waals surface area contributed by atoms with Crippen molar-refractivity contribution in [3.05, 3.63) is 35.9 Å². The van der Waals surface area contributed by atoms with Crippen molar-refractivity contribution in [3.63, 3.8) is 0 Å². The number of hydrogen-bond donors (Lipinski definition) is 0. The second-order valence-electron chi connectivity index (χ2n) is 3.86. The lowest BCUT2D eigenvalue weighted by molar-refractivity contribution is -0.137. The number of rotatable bonds is 7. The highest BCUT2D eigenvalue weighted by atomic mass is 16.5. The first-order chi connectivity index (χ1) is 8.76. The molecule has 98 valence electrons. The van der Waals surface area contributed by atoms with Crippen molar-refractivity contribution in [1.29, 1.82) is 0 Å². The van der Waals surface area contributed by atoms with Crippen molar-refractivity contribution in [3.8, 4) is 5.75 Å². The first-order valence-electron chi connectivity index (χ1n) is 6.34. The van der Waals surface area contributed by atoms with Gasteiger partial charge in [0.1, 0.15) is 5.75 Å². The third-order valence-corrected chi connectivity index (χ3v) is 2.32. The average molecular weight is 248 g/mol. The fourth-order valence-electron chi connectivity index (χ4n) is 1.40. The number of hydrogen-bond acceptors (Lipinski definition) is 3. The lowest BCUT2D eigenvalue weighted by Crippen LogP contribution is -1.98. The molecule has 0 bridgehead atoms. The van der Waals surface area contributed by atoms with Crippen LogP contribution in [-0.4, -0.2) is 19.2 Å². The zero-order valence-electron chi connectivity index (χ0n) is 11.0. The smallest absolute Gasteiger partial charge is 0.330 e. The summed E-state index contributed by atoms with van der Waals surface area (Å²) in [6, 6.07) is 7.65. The van der Waals surface area contributed by atoms with Gasteiger partial charge in [0.15, 0.2) is 0 Å². The van der Waals surface area contributed by atoms with Crippen LogP contribution in [0.15, 0.2) is 30.3 Å². The van der Waals surface area contributed by atoms with E-state index in [4.69, 9.17) is 9.47 Å². The largest absolute Gasteiger partial charge is 0.494 e. The molecule has 18 heavy (non-hydrogen) atoms. The van der Waals surface area contributed by atoms with E-state index >= 15 is 0 Å². The molecule has 0 spiro atoms. The molecule has 3 heteroatoms. The Bertz CT molecular complexity index is 396. The molecule has 0 amide bonds. The Hall–Kier alpha value is -1.77.